The Morgan fingerprint density at radius 1 is 1.25 bits per heavy atom. The van der Waals surface area contributed by atoms with Gasteiger partial charge in [0.1, 0.15) is 11.8 Å². The minimum atomic E-state index is -0.552. The van der Waals surface area contributed by atoms with Crippen molar-refractivity contribution in [3.8, 4) is 6.07 Å². The van der Waals surface area contributed by atoms with Crippen LogP contribution in [-0.4, -0.2) is 64.9 Å². The van der Waals surface area contributed by atoms with Crippen molar-refractivity contribution < 1.29 is 14.3 Å². The highest BCUT2D eigenvalue weighted by Crippen LogP contribution is 2.40. The van der Waals surface area contributed by atoms with Gasteiger partial charge in [-0.1, -0.05) is 6.07 Å². The van der Waals surface area contributed by atoms with E-state index in [0.717, 1.165) is 25.2 Å². The number of carbonyl (C=O) groups is 2. The first-order chi connectivity index (χ1) is 17.2. The van der Waals surface area contributed by atoms with E-state index in [4.69, 9.17) is 4.74 Å². The van der Waals surface area contributed by atoms with Gasteiger partial charge in [-0.3, -0.25) is 4.79 Å². The third kappa shape index (κ3) is 4.75. The average molecular weight is 496 g/mol. The molecule has 3 unspecified atom stereocenters. The van der Waals surface area contributed by atoms with Gasteiger partial charge in [0.25, 0.3) is 0 Å². The fraction of sp³-hybridized carbons (Fsp3) is 0.654. The minimum absolute atomic E-state index is 0.0277. The number of piperidine rings is 2. The van der Waals surface area contributed by atoms with Crippen molar-refractivity contribution in [2.75, 3.05) is 25.0 Å². The van der Waals surface area contributed by atoms with Gasteiger partial charge in [-0.05, 0) is 63.3 Å². The topological polar surface area (TPSA) is 122 Å². The summed E-state index contributed by atoms with van der Waals surface area (Å²) >= 11 is 0. The first-order valence-corrected chi connectivity index (χ1v) is 13.0. The van der Waals surface area contributed by atoms with Crippen LogP contribution in [0.5, 0.6) is 0 Å². The Hall–Kier alpha value is -2.87. The number of hydrogen-bond donors (Lipinski definition) is 4. The highest BCUT2D eigenvalue weighted by atomic mass is 16.6. The summed E-state index contributed by atoms with van der Waals surface area (Å²) in [5, 5.41) is 22.0. The van der Waals surface area contributed by atoms with Gasteiger partial charge in [0.2, 0.25) is 5.91 Å². The fourth-order valence-corrected chi connectivity index (χ4v) is 6.06. The molecule has 3 atom stereocenters. The van der Waals surface area contributed by atoms with Crippen molar-refractivity contribution in [1.29, 1.82) is 5.26 Å². The monoisotopic (exact) mass is 495 g/mol. The van der Waals surface area contributed by atoms with Gasteiger partial charge in [-0.15, -0.1) is 0 Å². The lowest BCUT2D eigenvalue weighted by Crippen LogP contribution is -2.62. The molecule has 0 radical (unpaired) electrons. The number of hydrazine groups is 1. The van der Waals surface area contributed by atoms with Crippen LogP contribution < -0.4 is 21.4 Å². The van der Waals surface area contributed by atoms with Gasteiger partial charge in [0.15, 0.2) is 0 Å². The predicted molar refractivity (Wildman–Crippen MR) is 134 cm³/mol. The maximum absolute atomic E-state index is 13.1. The zero-order valence-electron chi connectivity index (χ0n) is 21.4. The Balaban J connectivity index is 1.35. The maximum atomic E-state index is 13.1. The Kier molecular flexibility index (Phi) is 6.57. The lowest BCUT2D eigenvalue weighted by molar-refractivity contribution is -0.128. The standard InChI is InChI=1S/C26H37N7O3/c1-25(2,3)36-24(35)32-12-8-26(7-10-27,9-13-32)33-20-6-11-29-23(34)21(20)22(31-33)30-19-5-4-17-15-28-16-18(17)14-19/h4-5,14,20-22,28,30-31H,6-9,11-13,15-16H2,1-3H3,(H,29,34). The smallest absolute Gasteiger partial charge is 0.410 e. The number of fused-ring (bicyclic) bond motifs is 2. The first-order valence-electron chi connectivity index (χ1n) is 13.0. The van der Waals surface area contributed by atoms with Crippen LogP contribution >= 0.6 is 0 Å². The molecule has 4 aliphatic heterocycles. The van der Waals surface area contributed by atoms with E-state index < -0.39 is 11.1 Å². The number of nitrogens with zero attached hydrogens (tertiary/aromatic N) is 3. The van der Waals surface area contributed by atoms with Crippen molar-refractivity contribution >= 4 is 17.7 Å². The second-order valence-electron chi connectivity index (χ2n) is 11.4. The third-order valence-corrected chi connectivity index (χ3v) is 7.85. The quantitative estimate of drug-likeness (QED) is 0.501. The number of ether oxygens (including phenoxy) is 1. The van der Waals surface area contributed by atoms with Crippen LogP contribution in [0, 0.1) is 17.2 Å². The summed E-state index contributed by atoms with van der Waals surface area (Å²) < 4.78 is 5.57. The highest BCUT2D eigenvalue weighted by molar-refractivity contribution is 5.82. The lowest BCUT2D eigenvalue weighted by atomic mass is 9.81. The van der Waals surface area contributed by atoms with Crippen molar-refractivity contribution in [2.45, 2.75) is 82.9 Å². The molecule has 4 N–H and O–H groups in total. The van der Waals surface area contributed by atoms with E-state index in [1.807, 2.05) is 20.8 Å². The zero-order valence-corrected chi connectivity index (χ0v) is 21.4. The molecule has 0 saturated carbocycles. The highest BCUT2D eigenvalue weighted by Gasteiger charge is 2.55. The maximum Gasteiger partial charge on any atom is 0.410 e. The number of nitriles is 1. The Morgan fingerprint density at radius 2 is 2.00 bits per heavy atom. The van der Waals surface area contributed by atoms with E-state index in [9.17, 15) is 14.9 Å². The van der Waals surface area contributed by atoms with Crippen LogP contribution in [0.2, 0.25) is 0 Å². The average Bonchev–Trinajstić information content (AvgIpc) is 3.44. The number of benzene rings is 1. The van der Waals surface area contributed by atoms with Gasteiger partial charge in [0, 0.05) is 44.5 Å². The third-order valence-electron chi connectivity index (χ3n) is 7.85. The second-order valence-corrected chi connectivity index (χ2v) is 11.4. The molecule has 0 aliphatic carbocycles. The number of amides is 2. The number of anilines is 1. The first kappa shape index (κ1) is 24.8. The molecule has 1 aromatic rings. The Morgan fingerprint density at radius 3 is 2.72 bits per heavy atom. The Bertz CT molecular complexity index is 1050. The molecule has 3 fully saturated rings. The molecule has 194 valence electrons. The molecular weight excluding hydrogens is 458 g/mol. The molecule has 0 bridgehead atoms. The van der Waals surface area contributed by atoms with Crippen molar-refractivity contribution in [3.05, 3.63) is 29.3 Å². The number of rotatable bonds is 4. The van der Waals surface area contributed by atoms with E-state index in [2.05, 4.69) is 50.7 Å². The van der Waals surface area contributed by atoms with E-state index in [0.29, 0.717) is 38.9 Å². The summed E-state index contributed by atoms with van der Waals surface area (Å²) in [6.45, 7) is 8.95. The fourth-order valence-electron chi connectivity index (χ4n) is 6.06. The van der Waals surface area contributed by atoms with Crippen LogP contribution in [0.4, 0.5) is 10.5 Å². The number of likely N-dealkylation sites (tertiary alicyclic amines) is 1. The lowest BCUT2D eigenvalue weighted by Gasteiger charge is -2.48. The van der Waals surface area contributed by atoms with Gasteiger partial charge >= 0.3 is 6.09 Å². The van der Waals surface area contributed by atoms with E-state index in [1.165, 1.54) is 11.1 Å². The summed E-state index contributed by atoms with van der Waals surface area (Å²) in [5.74, 6) is -0.260. The Labute approximate surface area is 212 Å². The molecule has 4 heterocycles. The van der Waals surface area contributed by atoms with Gasteiger partial charge < -0.3 is 25.6 Å². The van der Waals surface area contributed by atoms with Crippen molar-refractivity contribution in [3.63, 3.8) is 0 Å². The summed E-state index contributed by atoms with van der Waals surface area (Å²) in [5.41, 5.74) is 6.15. The van der Waals surface area contributed by atoms with E-state index >= 15 is 0 Å². The SMILES string of the molecule is CC(C)(C)OC(=O)N1CCC(CC#N)(N2NC(Nc3ccc4c(c3)CNC4)C3C(=O)NCCC32)CC1. The predicted octanol–water partition coefficient (Wildman–Crippen LogP) is 2.04. The molecule has 5 rings (SSSR count). The van der Waals surface area contributed by atoms with Crippen molar-refractivity contribution in [2.24, 2.45) is 5.92 Å². The van der Waals surface area contributed by atoms with Crippen LogP contribution in [-0.2, 0) is 22.6 Å². The molecule has 4 aliphatic rings. The molecule has 36 heavy (non-hydrogen) atoms. The van der Waals surface area contributed by atoms with Crippen LogP contribution in [0.1, 0.15) is 57.6 Å². The summed E-state index contributed by atoms with van der Waals surface area (Å²) in [6.07, 6.45) is 1.79. The molecule has 10 nitrogen and oxygen atoms in total. The molecular formula is C26H37N7O3. The van der Waals surface area contributed by atoms with Crippen LogP contribution in [0.25, 0.3) is 0 Å². The number of carbonyl (C=O) groups excluding carboxylic acids is 2. The summed E-state index contributed by atoms with van der Waals surface area (Å²) in [4.78, 5) is 27.5. The zero-order chi connectivity index (χ0) is 25.5. The molecule has 3 saturated heterocycles. The largest absolute Gasteiger partial charge is 0.444 e. The van der Waals surface area contributed by atoms with E-state index in [1.54, 1.807) is 4.90 Å². The van der Waals surface area contributed by atoms with Crippen molar-refractivity contribution in [1.82, 2.24) is 26.0 Å². The second kappa shape index (κ2) is 9.54. The number of nitrogens with one attached hydrogen (secondary N) is 4. The minimum Gasteiger partial charge on any atom is -0.444 e. The molecule has 0 spiro atoms. The summed E-state index contributed by atoms with van der Waals surface area (Å²) in [6, 6.07) is 8.71. The van der Waals surface area contributed by atoms with Gasteiger partial charge in [0.05, 0.1) is 23.9 Å². The molecule has 2 amide bonds. The molecule has 0 aromatic heterocycles. The molecule has 1 aromatic carbocycles. The van der Waals surface area contributed by atoms with E-state index in [-0.39, 0.29) is 30.1 Å². The summed E-state index contributed by atoms with van der Waals surface area (Å²) in [7, 11) is 0. The van der Waals surface area contributed by atoms with Gasteiger partial charge in [-0.2, -0.15) is 5.26 Å². The van der Waals surface area contributed by atoms with Crippen LogP contribution in [0.15, 0.2) is 18.2 Å². The van der Waals surface area contributed by atoms with Gasteiger partial charge in [-0.25, -0.2) is 15.2 Å². The normalized spacial score (nSPS) is 27.6. The molecule has 10 heteroatoms. The van der Waals surface area contributed by atoms with Crippen LogP contribution in [0.3, 0.4) is 0 Å². The number of hydrogen-bond acceptors (Lipinski definition) is 8.